The van der Waals surface area contributed by atoms with E-state index in [0.717, 1.165) is 11.9 Å². The fourth-order valence-electron chi connectivity index (χ4n) is 2.23. The van der Waals surface area contributed by atoms with Gasteiger partial charge in [-0.05, 0) is 30.7 Å². The second-order valence-corrected chi connectivity index (χ2v) is 4.78. The first kappa shape index (κ1) is 15.3. The van der Waals surface area contributed by atoms with Crippen LogP contribution in [0, 0.1) is 5.82 Å². The summed E-state index contributed by atoms with van der Waals surface area (Å²) in [6.07, 6.45) is 1.74. The molecule has 1 atom stereocenters. The van der Waals surface area contributed by atoms with Crippen LogP contribution in [0.15, 0.2) is 42.6 Å². The van der Waals surface area contributed by atoms with E-state index in [1.165, 1.54) is 6.07 Å². The van der Waals surface area contributed by atoms with E-state index in [2.05, 4.69) is 10.3 Å². The third-order valence-electron chi connectivity index (χ3n) is 3.57. The van der Waals surface area contributed by atoms with Crippen molar-refractivity contribution >= 4 is 5.69 Å². The van der Waals surface area contributed by atoms with Gasteiger partial charge in [-0.15, -0.1) is 0 Å². The maximum absolute atomic E-state index is 13.1. The van der Waals surface area contributed by atoms with Crippen molar-refractivity contribution in [2.24, 2.45) is 0 Å². The van der Waals surface area contributed by atoms with Crippen LogP contribution in [0.2, 0.25) is 0 Å². The van der Waals surface area contributed by atoms with Crippen LogP contribution in [-0.2, 0) is 5.54 Å². The smallest absolute Gasteiger partial charge is 0.141 e. The molecule has 1 aromatic heterocycles. The number of aromatic nitrogens is 1. The normalized spacial score (nSPS) is 13.5. The molecule has 2 rings (SSSR count). The number of rotatable bonds is 6. The molecule has 0 spiro atoms. The van der Waals surface area contributed by atoms with Crippen LogP contribution < -0.4 is 10.1 Å². The maximum Gasteiger partial charge on any atom is 0.141 e. The fraction of sp³-hybridized carbons (Fsp3) is 0.312. The number of anilines is 1. The number of halogens is 1. The van der Waals surface area contributed by atoms with E-state index < -0.39 is 11.4 Å². The van der Waals surface area contributed by atoms with Crippen molar-refractivity contribution in [2.75, 3.05) is 19.0 Å². The van der Waals surface area contributed by atoms with Crippen molar-refractivity contribution in [3.8, 4) is 5.75 Å². The van der Waals surface area contributed by atoms with Crippen molar-refractivity contribution in [1.29, 1.82) is 0 Å². The van der Waals surface area contributed by atoms with Gasteiger partial charge >= 0.3 is 0 Å². The van der Waals surface area contributed by atoms with E-state index in [1.54, 1.807) is 13.2 Å². The van der Waals surface area contributed by atoms with Crippen molar-refractivity contribution in [1.82, 2.24) is 4.98 Å². The molecule has 2 N–H and O–H groups in total. The average Bonchev–Trinajstić information content (AvgIpc) is 2.54. The topological polar surface area (TPSA) is 54.4 Å². The predicted molar refractivity (Wildman–Crippen MR) is 79.9 cm³/mol. The highest BCUT2D eigenvalue weighted by atomic mass is 19.1. The minimum atomic E-state index is -0.789. The molecule has 112 valence electrons. The van der Waals surface area contributed by atoms with Crippen LogP contribution in [0.3, 0.4) is 0 Å². The van der Waals surface area contributed by atoms with Gasteiger partial charge in [0.25, 0.3) is 0 Å². The van der Waals surface area contributed by atoms with Gasteiger partial charge in [-0.1, -0.05) is 19.1 Å². The molecule has 0 saturated carbocycles. The van der Waals surface area contributed by atoms with E-state index in [4.69, 9.17) is 4.74 Å². The second-order valence-electron chi connectivity index (χ2n) is 4.78. The van der Waals surface area contributed by atoms with E-state index in [1.807, 2.05) is 31.2 Å². The molecule has 4 nitrogen and oxygen atoms in total. The number of nitrogens with one attached hydrogen (secondary N) is 1. The number of para-hydroxylation sites is 2. The number of methoxy groups -OCH3 is 1. The lowest BCUT2D eigenvalue weighted by atomic mass is 9.91. The van der Waals surface area contributed by atoms with Crippen LogP contribution in [0.4, 0.5) is 10.1 Å². The summed E-state index contributed by atoms with van der Waals surface area (Å²) in [5.41, 5.74) is 0.546. The van der Waals surface area contributed by atoms with Gasteiger partial charge in [-0.25, -0.2) is 4.39 Å². The van der Waals surface area contributed by atoms with Crippen molar-refractivity contribution in [3.05, 3.63) is 54.1 Å². The lowest BCUT2D eigenvalue weighted by Gasteiger charge is -2.33. The van der Waals surface area contributed by atoms with Crippen LogP contribution in [-0.4, -0.2) is 23.8 Å². The quantitative estimate of drug-likeness (QED) is 0.859. The molecular weight excluding hydrogens is 271 g/mol. The first-order valence-electron chi connectivity index (χ1n) is 6.79. The number of pyridine rings is 1. The molecule has 0 saturated heterocycles. The molecule has 1 unspecified atom stereocenters. The Kier molecular flexibility index (Phi) is 4.75. The molecule has 1 aromatic carbocycles. The van der Waals surface area contributed by atoms with Crippen LogP contribution in [0.25, 0.3) is 0 Å². The highest BCUT2D eigenvalue weighted by Gasteiger charge is 2.32. The van der Waals surface area contributed by atoms with Gasteiger partial charge in [0.1, 0.15) is 17.1 Å². The van der Waals surface area contributed by atoms with Gasteiger partial charge in [-0.3, -0.25) is 4.98 Å². The second kappa shape index (κ2) is 6.54. The monoisotopic (exact) mass is 290 g/mol. The number of hydrogen-bond acceptors (Lipinski definition) is 4. The van der Waals surface area contributed by atoms with Gasteiger partial charge in [0.2, 0.25) is 0 Å². The highest BCUT2D eigenvalue weighted by molar-refractivity contribution is 5.58. The first-order valence-corrected chi connectivity index (χ1v) is 6.79. The van der Waals surface area contributed by atoms with E-state index in [9.17, 15) is 9.50 Å². The number of nitrogens with zero attached hydrogens (tertiary/aromatic N) is 1. The number of hydrogen-bond donors (Lipinski definition) is 2. The van der Waals surface area contributed by atoms with Gasteiger partial charge < -0.3 is 15.2 Å². The largest absolute Gasteiger partial charge is 0.495 e. The van der Waals surface area contributed by atoms with Gasteiger partial charge in [-0.2, -0.15) is 0 Å². The summed E-state index contributed by atoms with van der Waals surface area (Å²) in [6.45, 7) is 1.77. The van der Waals surface area contributed by atoms with Crippen LogP contribution in [0.5, 0.6) is 5.75 Å². The predicted octanol–water partition coefficient (Wildman–Crippen LogP) is 2.94. The Labute approximate surface area is 123 Å². The van der Waals surface area contributed by atoms with E-state index >= 15 is 0 Å². The summed E-state index contributed by atoms with van der Waals surface area (Å²) in [5.74, 6) is 0.268. The molecule has 1 heterocycles. The molecular formula is C16H19FN2O2. The molecule has 5 heteroatoms. The molecule has 0 bridgehead atoms. The van der Waals surface area contributed by atoms with Crippen LogP contribution in [0.1, 0.15) is 19.0 Å². The Bertz CT molecular complexity index is 583. The Hall–Kier alpha value is -2.14. The lowest BCUT2D eigenvalue weighted by Crippen LogP contribution is -2.39. The van der Waals surface area contributed by atoms with E-state index in [0.29, 0.717) is 17.9 Å². The number of benzene rings is 1. The minimum absolute atomic E-state index is 0.166. The number of aliphatic hydroxyl groups is 1. The zero-order valence-electron chi connectivity index (χ0n) is 12.1. The summed E-state index contributed by atoms with van der Waals surface area (Å²) >= 11 is 0. The van der Waals surface area contributed by atoms with E-state index in [-0.39, 0.29) is 6.61 Å². The lowest BCUT2D eigenvalue weighted by molar-refractivity contribution is 0.203. The zero-order chi connectivity index (χ0) is 15.3. The van der Waals surface area contributed by atoms with Gasteiger partial charge in [0.15, 0.2) is 0 Å². The summed E-state index contributed by atoms with van der Waals surface area (Å²) in [7, 11) is 1.59. The van der Waals surface area contributed by atoms with Crippen LogP contribution >= 0.6 is 0 Å². The summed E-state index contributed by atoms with van der Waals surface area (Å²) < 4.78 is 18.4. The third kappa shape index (κ3) is 3.13. The number of ether oxygens (including phenoxy) is 1. The Morgan fingerprint density at radius 1 is 1.29 bits per heavy atom. The minimum Gasteiger partial charge on any atom is -0.495 e. The average molecular weight is 290 g/mol. The van der Waals surface area contributed by atoms with Crippen molar-refractivity contribution in [2.45, 2.75) is 18.9 Å². The fourth-order valence-corrected chi connectivity index (χ4v) is 2.23. The Morgan fingerprint density at radius 2 is 2.05 bits per heavy atom. The summed E-state index contributed by atoms with van der Waals surface area (Å²) in [5, 5.41) is 13.2. The van der Waals surface area contributed by atoms with Crippen molar-refractivity contribution in [3.63, 3.8) is 0 Å². The summed E-state index contributed by atoms with van der Waals surface area (Å²) in [6, 6.07) is 10.4. The standard InChI is InChI=1S/C16H19FN2O2/c1-3-16(11-20,15-9-8-12(17)10-18-15)19-13-6-4-5-7-14(13)21-2/h4-10,19-20H,3,11H2,1-2H3. The molecule has 0 amide bonds. The third-order valence-corrected chi connectivity index (χ3v) is 3.57. The highest BCUT2D eigenvalue weighted by Crippen LogP contribution is 2.32. The molecule has 0 aliphatic heterocycles. The van der Waals surface area contributed by atoms with Crippen molar-refractivity contribution < 1.29 is 14.2 Å². The Morgan fingerprint density at radius 3 is 2.62 bits per heavy atom. The molecule has 21 heavy (non-hydrogen) atoms. The molecule has 2 aromatic rings. The SMILES string of the molecule is CCC(CO)(Nc1ccccc1OC)c1ccc(F)cn1. The maximum atomic E-state index is 13.1. The Balaban J connectivity index is 2.40. The molecule has 0 fully saturated rings. The summed E-state index contributed by atoms with van der Waals surface area (Å²) in [4.78, 5) is 4.11. The zero-order valence-corrected chi connectivity index (χ0v) is 12.1. The molecule has 0 aliphatic carbocycles. The first-order chi connectivity index (χ1) is 10.1. The van der Waals surface area contributed by atoms with Gasteiger partial charge in [0, 0.05) is 0 Å². The number of aliphatic hydroxyl groups excluding tert-OH is 1. The molecule has 0 radical (unpaired) electrons. The molecule has 0 aliphatic rings. The van der Waals surface area contributed by atoms with Gasteiger partial charge in [0.05, 0.1) is 31.3 Å².